The van der Waals surface area contributed by atoms with Crippen LogP contribution in [-0.4, -0.2) is 35.1 Å². The number of amides is 2. The van der Waals surface area contributed by atoms with E-state index in [2.05, 4.69) is 24.4 Å². The van der Waals surface area contributed by atoms with E-state index in [1.807, 2.05) is 55.5 Å². The first-order valence-corrected chi connectivity index (χ1v) is 13.5. The molecule has 184 valence electrons. The number of hydrogen-bond donors (Lipinski definition) is 1. The molecule has 0 radical (unpaired) electrons. The summed E-state index contributed by atoms with van der Waals surface area (Å²) >= 11 is 13.9. The van der Waals surface area contributed by atoms with Crippen molar-refractivity contribution in [3.8, 4) is 0 Å². The van der Waals surface area contributed by atoms with Gasteiger partial charge in [-0.05, 0) is 48.2 Å². The summed E-state index contributed by atoms with van der Waals surface area (Å²) in [4.78, 5) is 28.4. The minimum absolute atomic E-state index is 0.0955. The molecule has 0 spiro atoms. The third-order valence-corrected chi connectivity index (χ3v) is 7.41. The fourth-order valence-electron chi connectivity index (χ4n) is 3.78. The minimum atomic E-state index is -0.654. The standard InChI is InChI=1S/C28H30Cl2N2O2S/c1-3-31-28(34)26(16-21-10-5-4-6-11-21)32(17-22-13-14-24(29)25(30)15-22)27(33)19-35-18-23-12-8-7-9-20(23)2/h4-15,26H,3,16-19H2,1-2H3,(H,31,34)/t26-/m0/s1. The van der Waals surface area contributed by atoms with Gasteiger partial charge in [0, 0.05) is 25.3 Å². The zero-order chi connectivity index (χ0) is 25.2. The van der Waals surface area contributed by atoms with E-state index in [-0.39, 0.29) is 24.1 Å². The Bertz CT molecular complexity index is 1140. The molecule has 0 aliphatic heterocycles. The molecule has 0 aliphatic carbocycles. The number of benzene rings is 3. The maximum atomic E-state index is 13.6. The number of carbonyl (C=O) groups is 2. The fourth-order valence-corrected chi connectivity index (χ4v) is 5.09. The lowest BCUT2D eigenvalue weighted by Gasteiger charge is -2.31. The average Bonchev–Trinajstić information content (AvgIpc) is 2.85. The maximum Gasteiger partial charge on any atom is 0.243 e. The zero-order valence-corrected chi connectivity index (χ0v) is 22.3. The van der Waals surface area contributed by atoms with E-state index in [0.29, 0.717) is 23.0 Å². The maximum absolute atomic E-state index is 13.6. The Morgan fingerprint density at radius 2 is 1.66 bits per heavy atom. The van der Waals surface area contributed by atoms with Gasteiger partial charge in [0.2, 0.25) is 11.8 Å². The van der Waals surface area contributed by atoms with Crippen LogP contribution in [0, 0.1) is 6.92 Å². The van der Waals surface area contributed by atoms with Gasteiger partial charge in [-0.15, -0.1) is 11.8 Å². The Morgan fingerprint density at radius 1 is 0.943 bits per heavy atom. The van der Waals surface area contributed by atoms with Crippen molar-refractivity contribution < 1.29 is 9.59 Å². The number of halogens is 2. The molecule has 0 bridgehead atoms. The Kier molecular flexibility index (Phi) is 10.5. The van der Waals surface area contributed by atoms with E-state index in [0.717, 1.165) is 16.9 Å². The van der Waals surface area contributed by atoms with Gasteiger partial charge in [-0.25, -0.2) is 0 Å². The lowest BCUT2D eigenvalue weighted by Crippen LogP contribution is -2.51. The predicted molar refractivity (Wildman–Crippen MR) is 147 cm³/mol. The Morgan fingerprint density at radius 3 is 2.34 bits per heavy atom. The van der Waals surface area contributed by atoms with Crippen LogP contribution in [0.3, 0.4) is 0 Å². The normalized spacial score (nSPS) is 11.7. The van der Waals surface area contributed by atoms with Gasteiger partial charge in [-0.3, -0.25) is 9.59 Å². The highest BCUT2D eigenvalue weighted by Crippen LogP contribution is 2.25. The molecular weight excluding hydrogens is 499 g/mol. The molecule has 0 unspecified atom stereocenters. The van der Waals surface area contributed by atoms with Crippen LogP contribution in [0.15, 0.2) is 72.8 Å². The number of nitrogens with one attached hydrogen (secondary N) is 1. The molecule has 2 amide bonds. The first-order valence-electron chi connectivity index (χ1n) is 11.6. The van der Waals surface area contributed by atoms with Crippen molar-refractivity contribution in [1.29, 1.82) is 0 Å². The largest absolute Gasteiger partial charge is 0.355 e. The van der Waals surface area contributed by atoms with Gasteiger partial charge in [0.15, 0.2) is 0 Å². The van der Waals surface area contributed by atoms with Crippen molar-refractivity contribution in [1.82, 2.24) is 10.2 Å². The highest BCUT2D eigenvalue weighted by Gasteiger charge is 2.30. The van der Waals surface area contributed by atoms with Crippen LogP contribution < -0.4 is 5.32 Å². The molecule has 0 aromatic heterocycles. The van der Waals surface area contributed by atoms with Crippen LogP contribution >= 0.6 is 35.0 Å². The number of aryl methyl sites for hydroxylation is 1. The van der Waals surface area contributed by atoms with Crippen molar-refractivity contribution in [2.24, 2.45) is 0 Å². The van der Waals surface area contributed by atoms with Crippen molar-refractivity contribution in [3.05, 3.63) is 105 Å². The van der Waals surface area contributed by atoms with E-state index in [9.17, 15) is 9.59 Å². The molecule has 0 aliphatic rings. The second kappa shape index (κ2) is 13.6. The molecule has 0 heterocycles. The van der Waals surface area contributed by atoms with Gasteiger partial charge >= 0.3 is 0 Å². The number of nitrogens with zero attached hydrogens (tertiary/aromatic N) is 1. The molecule has 0 saturated carbocycles. The number of carbonyl (C=O) groups excluding carboxylic acids is 2. The number of thioether (sulfide) groups is 1. The van der Waals surface area contributed by atoms with E-state index < -0.39 is 6.04 Å². The average molecular weight is 530 g/mol. The summed E-state index contributed by atoms with van der Waals surface area (Å²) in [5.41, 5.74) is 4.21. The van der Waals surface area contributed by atoms with Crippen LogP contribution in [0.1, 0.15) is 29.2 Å². The minimum Gasteiger partial charge on any atom is -0.355 e. The number of hydrogen-bond acceptors (Lipinski definition) is 3. The fraction of sp³-hybridized carbons (Fsp3) is 0.286. The summed E-state index contributed by atoms with van der Waals surface area (Å²) in [5, 5.41) is 3.78. The third kappa shape index (κ3) is 8.03. The zero-order valence-electron chi connectivity index (χ0n) is 20.0. The van der Waals surface area contributed by atoms with Crippen LogP contribution in [0.5, 0.6) is 0 Å². The van der Waals surface area contributed by atoms with Gasteiger partial charge in [-0.2, -0.15) is 0 Å². The molecule has 7 heteroatoms. The summed E-state index contributed by atoms with van der Waals surface area (Å²) in [6.45, 7) is 4.69. The number of rotatable bonds is 11. The summed E-state index contributed by atoms with van der Waals surface area (Å²) < 4.78 is 0. The van der Waals surface area contributed by atoms with E-state index in [1.54, 1.807) is 28.8 Å². The SMILES string of the molecule is CCNC(=O)[C@H](Cc1ccccc1)N(Cc1ccc(Cl)c(Cl)c1)C(=O)CSCc1ccccc1C. The highest BCUT2D eigenvalue weighted by atomic mass is 35.5. The molecule has 1 N–H and O–H groups in total. The molecule has 35 heavy (non-hydrogen) atoms. The lowest BCUT2D eigenvalue weighted by atomic mass is 10.0. The predicted octanol–water partition coefficient (Wildman–Crippen LogP) is 6.31. The summed E-state index contributed by atoms with van der Waals surface area (Å²) in [6, 6.07) is 22.6. The van der Waals surface area contributed by atoms with Crippen molar-refractivity contribution >= 4 is 46.8 Å². The second-order valence-corrected chi connectivity index (χ2v) is 10.1. The molecule has 0 saturated heterocycles. The van der Waals surface area contributed by atoms with Crippen LogP contribution in [-0.2, 0) is 28.3 Å². The van der Waals surface area contributed by atoms with Gasteiger partial charge in [0.1, 0.15) is 6.04 Å². The van der Waals surface area contributed by atoms with E-state index in [4.69, 9.17) is 23.2 Å². The second-order valence-electron chi connectivity index (χ2n) is 8.29. The van der Waals surface area contributed by atoms with Crippen LogP contribution in [0.2, 0.25) is 10.0 Å². The topological polar surface area (TPSA) is 49.4 Å². The molecule has 4 nitrogen and oxygen atoms in total. The third-order valence-electron chi connectivity index (χ3n) is 5.70. The van der Waals surface area contributed by atoms with E-state index in [1.165, 1.54) is 11.1 Å². The Labute approximate surface area is 222 Å². The smallest absolute Gasteiger partial charge is 0.243 e. The van der Waals surface area contributed by atoms with Crippen molar-refractivity contribution in [3.63, 3.8) is 0 Å². The molecule has 0 fully saturated rings. The van der Waals surface area contributed by atoms with Gasteiger partial charge in [0.25, 0.3) is 0 Å². The summed E-state index contributed by atoms with van der Waals surface area (Å²) in [6.07, 6.45) is 0.419. The van der Waals surface area contributed by atoms with Gasteiger partial charge in [-0.1, -0.05) is 83.9 Å². The van der Waals surface area contributed by atoms with Crippen LogP contribution in [0.25, 0.3) is 0 Å². The van der Waals surface area contributed by atoms with Crippen molar-refractivity contribution in [2.45, 2.75) is 38.6 Å². The highest BCUT2D eigenvalue weighted by molar-refractivity contribution is 7.99. The molecule has 3 aromatic carbocycles. The first-order chi connectivity index (χ1) is 16.9. The van der Waals surface area contributed by atoms with Crippen molar-refractivity contribution in [2.75, 3.05) is 12.3 Å². The molecular formula is C28H30Cl2N2O2S. The number of likely N-dealkylation sites (N-methyl/N-ethyl adjacent to an activating group) is 1. The van der Waals surface area contributed by atoms with Crippen LogP contribution in [0.4, 0.5) is 0 Å². The monoisotopic (exact) mass is 528 g/mol. The summed E-state index contributed by atoms with van der Waals surface area (Å²) in [7, 11) is 0. The molecule has 3 rings (SSSR count). The Balaban J connectivity index is 1.85. The molecule has 1 atom stereocenters. The Hall–Kier alpha value is -2.47. The summed E-state index contributed by atoms with van der Waals surface area (Å²) in [5.74, 6) is 0.722. The first kappa shape index (κ1) is 27.1. The van der Waals surface area contributed by atoms with Gasteiger partial charge in [0.05, 0.1) is 15.8 Å². The quantitative estimate of drug-likeness (QED) is 0.317. The molecule has 3 aromatic rings. The lowest BCUT2D eigenvalue weighted by molar-refractivity contribution is -0.139. The van der Waals surface area contributed by atoms with E-state index >= 15 is 0 Å². The van der Waals surface area contributed by atoms with Gasteiger partial charge < -0.3 is 10.2 Å².